The van der Waals surface area contributed by atoms with E-state index in [-0.39, 0.29) is 4.90 Å². The van der Waals surface area contributed by atoms with Crippen LogP contribution in [0.3, 0.4) is 0 Å². The second kappa shape index (κ2) is 7.26. The number of hydrogen-bond donors (Lipinski definition) is 0. The first-order chi connectivity index (χ1) is 13.4. The van der Waals surface area contributed by atoms with Gasteiger partial charge in [0.1, 0.15) is 0 Å². The molecule has 0 aliphatic rings. The summed E-state index contributed by atoms with van der Waals surface area (Å²) in [7, 11) is -3.25. The van der Waals surface area contributed by atoms with Crippen molar-refractivity contribution >= 4 is 21.4 Å². The highest BCUT2D eigenvalue weighted by Crippen LogP contribution is 2.29. The Balaban J connectivity index is 1.86. The molecule has 0 atom stereocenters. The van der Waals surface area contributed by atoms with Crippen LogP contribution in [0.1, 0.15) is 0 Å². The molecule has 4 nitrogen and oxygen atoms in total. The molecular weight excluding hydrogens is 392 g/mol. The predicted octanol–water partition coefficient (Wildman–Crippen LogP) is 5.26. The fourth-order valence-electron chi connectivity index (χ4n) is 2.99. The van der Waals surface area contributed by atoms with Gasteiger partial charge in [0, 0.05) is 22.4 Å². The van der Waals surface area contributed by atoms with E-state index in [2.05, 4.69) is 0 Å². The van der Waals surface area contributed by atoms with Crippen molar-refractivity contribution in [3.05, 3.63) is 90.0 Å². The highest BCUT2D eigenvalue weighted by molar-refractivity contribution is 7.90. The predicted molar refractivity (Wildman–Crippen MR) is 113 cm³/mol. The second-order valence-corrected chi connectivity index (χ2v) is 8.92. The minimum absolute atomic E-state index is 0.280. The third-order valence-electron chi connectivity index (χ3n) is 4.43. The minimum Gasteiger partial charge on any atom is -0.232 e. The summed E-state index contributed by atoms with van der Waals surface area (Å²) < 4.78 is 25.3. The number of halogens is 1. The van der Waals surface area contributed by atoms with Crippen LogP contribution < -0.4 is 0 Å². The van der Waals surface area contributed by atoms with E-state index in [1.165, 1.54) is 6.26 Å². The van der Waals surface area contributed by atoms with Crippen LogP contribution in [-0.2, 0) is 9.84 Å². The van der Waals surface area contributed by atoms with E-state index in [1.54, 1.807) is 24.3 Å². The first-order valence-corrected chi connectivity index (χ1v) is 10.9. The standard InChI is InChI=1S/C22H17ClN2O2S/c1-28(26,27)20-13-11-19(12-14-20)25-22(17-5-3-2-4-6-17)15-21(24-25)16-7-9-18(23)10-8-16/h2-15H,1H3. The fourth-order valence-corrected chi connectivity index (χ4v) is 3.75. The van der Waals surface area contributed by atoms with Crippen LogP contribution in [0.15, 0.2) is 89.8 Å². The van der Waals surface area contributed by atoms with Gasteiger partial charge in [0.05, 0.1) is 22.0 Å². The van der Waals surface area contributed by atoms with E-state index in [4.69, 9.17) is 16.7 Å². The van der Waals surface area contributed by atoms with Crippen molar-refractivity contribution in [2.45, 2.75) is 4.90 Å². The molecule has 0 aliphatic carbocycles. The summed E-state index contributed by atoms with van der Waals surface area (Å²) in [4.78, 5) is 0.280. The summed E-state index contributed by atoms with van der Waals surface area (Å²) in [6.45, 7) is 0. The summed E-state index contributed by atoms with van der Waals surface area (Å²) in [6, 6.07) is 26.2. The lowest BCUT2D eigenvalue weighted by Crippen LogP contribution is -2.01. The Hall–Kier alpha value is -2.89. The minimum atomic E-state index is -3.25. The van der Waals surface area contributed by atoms with Crippen LogP contribution in [0.5, 0.6) is 0 Å². The molecule has 140 valence electrons. The van der Waals surface area contributed by atoms with Crippen molar-refractivity contribution in [3.63, 3.8) is 0 Å². The molecule has 4 aromatic rings. The third kappa shape index (κ3) is 3.72. The molecule has 4 rings (SSSR count). The molecule has 0 saturated heterocycles. The zero-order valence-electron chi connectivity index (χ0n) is 15.1. The van der Waals surface area contributed by atoms with E-state index < -0.39 is 9.84 Å². The monoisotopic (exact) mass is 408 g/mol. The van der Waals surface area contributed by atoms with Crippen molar-refractivity contribution in [2.24, 2.45) is 0 Å². The lowest BCUT2D eigenvalue weighted by Gasteiger charge is -2.08. The first kappa shape index (κ1) is 18.5. The Morgan fingerprint density at radius 2 is 1.46 bits per heavy atom. The molecule has 0 aliphatic heterocycles. The molecule has 6 heteroatoms. The SMILES string of the molecule is CS(=O)(=O)c1ccc(-n2nc(-c3ccc(Cl)cc3)cc2-c2ccccc2)cc1. The van der Waals surface area contributed by atoms with Gasteiger partial charge in [0.25, 0.3) is 0 Å². The van der Waals surface area contributed by atoms with Crippen LogP contribution in [0.2, 0.25) is 5.02 Å². The van der Waals surface area contributed by atoms with Gasteiger partial charge in [0.2, 0.25) is 0 Å². The van der Waals surface area contributed by atoms with Gasteiger partial charge >= 0.3 is 0 Å². The van der Waals surface area contributed by atoms with Crippen molar-refractivity contribution < 1.29 is 8.42 Å². The average molecular weight is 409 g/mol. The van der Waals surface area contributed by atoms with Crippen molar-refractivity contribution in [2.75, 3.05) is 6.26 Å². The Kier molecular flexibility index (Phi) is 4.79. The molecule has 0 amide bonds. The summed E-state index contributed by atoms with van der Waals surface area (Å²) in [5.74, 6) is 0. The molecule has 0 N–H and O–H groups in total. The smallest absolute Gasteiger partial charge is 0.175 e. The van der Waals surface area contributed by atoms with E-state index >= 15 is 0 Å². The van der Waals surface area contributed by atoms with Gasteiger partial charge in [-0.1, -0.05) is 54.1 Å². The highest BCUT2D eigenvalue weighted by Gasteiger charge is 2.14. The van der Waals surface area contributed by atoms with E-state index in [0.717, 1.165) is 28.2 Å². The van der Waals surface area contributed by atoms with E-state index in [1.807, 2.05) is 65.3 Å². The summed E-state index contributed by atoms with van der Waals surface area (Å²) in [5, 5.41) is 5.44. The van der Waals surface area contributed by atoms with Crippen molar-refractivity contribution in [3.8, 4) is 28.2 Å². The molecule has 0 saturated carbocycles. The molecule has 0 radical (unpaired) electrons. The van der Waals surface area contributed by atoms with Gasteiger partial charge in [0.15, 0.2) is 9.84 Å². The number of nitrogens with zero attached hydrogens (tertiary/aromatic N) is 2. The number of hydrogen-bond acceptors (Lipinski definition) is 3. The lowest BCUT2D eigenvalue weighted by molar-refractivity contribution is 0.602. The van der Waals surface area contributed by atoms with Crippen LogP contribution in [-0.4, -0.2) is 24.5 Å². The zero-order chi connectivity index (χ0) is 19.7. The molecule has 3 aromatic carbocycles. The largest absolute Gasteiger partial charge is 0.232 e. The topological polar surface area (TPSA) is 52.0 Å². The van der Waals surface area contributed by atoms with Gasteiger partial charge in [-0.05, 0) is 42.5 Å². The molecule has 0 spiro atoms. The van der Waals surface area contributed by atoms with Crippen LogP contribution >= 0.6 is 11.6 Å². The summed E-state index contributed by atoms with van der Waals surface area (Å²) in [5.41, 5.74) is 4.47. The maximum atomic E-state index is 11.8. The average Bonchev–Trinajstić information content (AvgIpc) is 3.14. The second-order valence-electron chi connectivity index (χ2n) is 6.47. The molecule has 28 heavy (non-hydrogen) atoms. The van der Waals surface area contributed by atoms with Gasteiger partial charge in [-0.25, -0.2) is 13.1 Å². The van der Waals surface area contributed by atoms with Crippen molar-refractivity contribution in [1.82, 2.24) is 9.78 Å². The number of aromatic nitrogens is 2. The normalized spacial score (nSPS) is 11.5. The Morgan fingerprint density at radius 3 is 2.07 bits per heavy atom. The molecule has 0 unspecified atom stereocenters. The fraction of sp³-hybridized carbons (Fsp3) is 0.0455. The maximum absolute atomic E-state index is 11.8. The Labute approximate surface area is 169 Å². The first-order valence-electron chi connectivity index (χ1n) is 8.64. The summed E-state index contributed by atoms with van der Waals surface area (Å²) in [6.07, 6.45) is 1.20. The van der Waals surface area contributed by atoms with Crippen molar-refractivity contribution in [1.29, 1.82) is 0 Å². The molecule has 0 bridgehead atoms. The zero-order valence-corrected chi connectivity index (χ0v) is 16.7. The Morgan fingerprint density at radius 1 is 0.821 bits per heavy atom. The van der Waals surface area contributed by atoms with Gasteiger partial charge in [-0.3, -0.25) is 0 Å². The van der Waals surface area contributed by atoms with Gasteiger partial charge in [-0.2, -0.15) is 5.10 Å². The third-order valence-corrected chi connectivity index (χ3v) is 5.81. The highest BCUT2D eigenvalue weighted by atomic mass is 35.5. The Bertz CT molecular complexity index is 1210. The molecular formula is C22H17ClN2O2S. The van der Waals surface area contributed by atoms with E-state index in [0.29, 0.717) is 5.02 Å². The molecule has 0 fully saturated rings. The van der Waals surface area contributed by atoms with Crippen LogP contribution in [0.4, 0.5) is 0 Å². The number of sulfone groups is 1. The summed E-state index contributed by atoms with van der Waals surface area (Å²) >= 11 is 6.00. The van der Waals surface area contributed by atoms with Gasteiger partial charge in [-0.15, -0.1) is 0 Å². The molecule has 1 aromatic heterocycles. The van der Waals surface area contributed by atoms with Crippen LogP contribution in [0, 0.1) is 0 Å². The number of benzene rings is 3. The number of rotatable bonds is 4. The molecule has 1 heterocycles. The van der Waals surface area contributed by atoms with E-state index in [9.17, 15) is 8.42 Å². The lowest BCUT2D eigenvalue weighted by atomic mass is 10.1. The van der Waals surface area contributed by atoms with Crippen LogP contribution in [0.25, 0.3) is 28.2 Å². The maximum Gasteiger partial charge on any atom is 0.175 e. The quantitative estimate of drug-likeness (QED) is 0.462. The van der Waals surface area contributed by atoms with Gasteiger partial charge < -0.3 is 0 Å².